The minimum absolute atomic E-state index is 0.205. The van der Waals surface area contributed by atoms with Gasteiger partial charge < -0.3 is 24.2 Å². The summed E-state index contributed by atoms with van der Waals surface area (Å²) in [5.74, 6) is 0.757. The van der Waals surface area contributed by atoms with Gasteiger partial charge in [0.05, 0.1) is 20.0 Å². The smallest absolute Gasteiger partial charge is 0.374 e. The van der Waals surface area contributed by atoms with Crippen molar-refractivity contribution in [2.45, 2.75) is 19.9 Å². The van der Waals surface area contributed by atoms with Crippen LogP contribution in [0.1, 0.15) is 22.5 Å². The first kappa shape index (κ1) is 17.8. The first-order chi connectivity index (χ1) is 13.6. The van der Waals surface area contributed by atoms with Gasteiger partial charge in [0, 0.05) is 17.5 Å². The number of anilines is 1. The molecule has 0 amide bonds. The van der Waals surface area contributed by atoms with Crippen molar-refractivity contribution >= 4 is 33.9 Å². The number of fused-ring (bicyclic) bond motifs is 2. The number of rotatable bonds is 6. The number of nitrogen functional groups attached to an aromatic ring is 1. The van der Waals surface area contributed by atoms with Crippen LogP contribution in [0.15, 0.2) is 35.3 Å². The van der Waals surface area contributed by atoms with Crippen molar-refractivity contribution in [2.24, 2.45) is 0 Å². The molecule has 144 valence electrons. The molecule has 0 bridgehead atoms. The molecule has 3 aromatic heterocycles. The number of hydrogen-bond acceptors (Lipinski definition) is 8. The summed E-state index contributed by atoms with van der Waals surface area (Å²) in [6.07, 6.45) is 3.64. The topological polar surface area (TPSA) is 118 Å². The first-order valence-corrected chi connectivity index (χ1v) is 8.74. The highest BCUT2D eigenvalue weighted by atomic mass is 16.5. The van der Waals surface area contributed by atoms with Crippen LogP contribution in [0.5, 0.6) is 5.75 Å². The zero-order chi connectivity index (χ0) is 19.7. The lowest BCUT2D eigenvalue weighted by Crippen LogP contribution is -2.09. The summed E-state index contributed by atoms with van der Waals surface area (Å²) in [5.41, 5.74) is 8.34. The molecule has 1 aromatic carbocycles. The Morgan fingerprint density at radius 3 is 2.96 bits per heavy atom. The molecular weight excluding hydrogens is 362 g/mol. The van der Waals surface area contributed by atoms with E-state index in [0.29, 0.717) is 41.3 Å². The molecule has 28 heavy (non-hydrogen) atoms. The SMILES string of the molecule is COc1ccc2oc(C(=O)OCCCn3cnc4c(N)ncnc43)c(C)c2c1. The van der Waals surface area contributed by atoms with Gasteiger partial charge >= 0.3 is 5.97 Å². The summed E-state index contributed by atoms with van der Waals surface area (Å²) < 4.78 is 18.1. The van der Waals surface area contributed by atoms with Crippen LogP contribution in [0.4, 0.5) is 5.82 Å². The van der Waals surface area contributed by atoms with E-state index in [1.807, 2.05) is 17.6 Å². The van der Waals surface area contributed by atoms with Crippen LogP contribution in [0.25, 0.3) is 22.1 Å². The van der Waals surface area contributed by atoms with Crippen molar-refractivity contribution in [3.63, 3.8) is 0 Å². The molecule has 9 nitrogen and oxygen atoms in total. The maximum Gasteiger partial charge on any atom is 0.374 e. The third kappa shape index (κ3) is 3.11. The van der Waals surface area contributed by atoms with Crippen LogP contribution in [0.3, 0.4) is 0 Å². The van der Waals surface area contributed by atoms with E-state index in [0.717, 1.165) is 10.9 Å². The molecule has 0 atom stereocenters. The predicted octanol–water partition coefficient (Wildman–Crippen LogP) is 2.72. The van der Waals surface area contributed by atoms with Crippen molar-refractivity contribution in [1.29, 1.82) is 0 Å². The Labute approximate surface area is 160 Å². The number of nitrogens with zero attached hydrogens (tertiary/aromatic N) is 4. The summed E-state index contributed by atoms with van der Waals surface area (Å²) in [7, 11) is 1.59. The number of carbonyl (C=O) groups excluding carboxylic acids is 1. The molecule has 0 fully saturated rings. The molecule has 0 saturated carbocycles. The largest absolute Gasteiger partial charge is 0.497 e. The van der Waals surface area contributed by atoms with Gasteiger partial charge in [-0.15, -0.1) is 0 Å². The molecular formula is C19H19N5O4. The van der Waals surface area contributed by atoms with Gasteiger partial charge in [0.2, 0.25) is 5.76 Å². The summed E-state index contributed by atoms with van der Waals surface area (Å²) in [4.78, 5) is 24.7. The molecule has 9 heteroatoms. The Hall–Kier alpha value is -3.62. The van der Waals surface area contributed by atoms with Gasteiger partial charge in [0.15, 0.2) is 11.5 Å². The Kier molecular flexibility index (Phi) is 4.56. The molecule has 2 N–H and O–H groups in total. The monoisotopic (exact) mass is 381 g/mol. The van der Waals surface area contributed by atoms with Gasteiger partial charge in [-0.2, -0.15) is 0 Å². The fourth-order valence-corrected chi connectivity index (χ4v) is 3.05. The van der Waals surface area contributed by atoms with Crippen molar-refractivity contribution in [2.75, 3.05) is 19.5 Å². The highest BCUT2D eigenvalue weighted by molar-refractivity contribution is 5.96. The number of ether oxygens (including phenoxy) is 2. The minimum Gasteiger partial charge on any atom is -0.497 e. The molecule has 0 unspecified atom stereocenters. The molecule has 3 heterocycles. The van der Waals surface area contributed by atoms with Gasteiger partial charge in [-0.25, -0.2) is 19.7 Å². The van der Waals surface area contributed by atoms with E-state index in [-0.39, 0.29) is 12.4 Å². The van der Waals surface area contributed by atoms with Crippen molar-refractivity contribution in [1.82, 2.24) is 19.5 Å². The number of furan rings is 1. The number of hydrogen-bond donors (Lipinski definition) is 1. The number of methoxy groups -OCH3 is 1. The van der Waals surface area contributed by atoms with E-state index in [9.17, 15) is 4.79 Å². The number of benzene rings is 1. The standard InChI is InChI=1S/C19H19N5O4/c1-11-13-8-12(26-2)4-5-14(13)28-16(11)19(25)27-7-3-6-24-10-23-15-17(20)21-9-22-18(15)24/h4-5,8-10H,3,6-7H2,1-2H3,(H2,20,21,22). The highest BCUT2D eigenvalue weighted by Gasteiger charge is 2.19. The van der Waals surface area contributed by atoms with Gasteiger partial charge in [0.1, 0.15) is 23.2 Å². The first-order valence-electron chi connectivity index (χ1n) is 8.74. The molecule has 4 rings (SSSR count). The number of aryl methyl sites for hydroxylation is 2. The van der Waals surface area contributed by atoms with Crippen LogP contribution >= 0.6 is 0 Å². The van der Waals surface area contributed by atoms with E-state index >= 15 is 0 Å². The number of esters is 1. The molecule has 0 saturated heterocycles. The molecule has 0 aliphatic heterocycles. The van der Waals surface area contributed by atoms with E-state index in [4.69, 9.17) is 19.6 Å². The molecule has 0 radical (unpaired) electrons. The van der Waals surface area contributed by atoms with E-state index in [1.165, 1.54) is 6.33 Å². The summed E-state index contributed by atoms with van der Waals surface area (Å²) >= 11 is 0. The summed E-state index contributed by atoms with van der Waals surface area (Å²) in [6.45, 7) is 2.64. The Morgan fingerprint density at radius 2 is 2.14 bits per heavy atom. The van der Waals surface area contributed by atoms with Crippen LogP contribution < -0.4 is 10.5 Å². The number of nitrogens with two attached hydrogens (primary N) is 1. The fourth-order valence-electron chi connectivity index (χ4n) is 3.05. The average Bonchev–Trinajstić information content (AvgIpc) is 3.27. The maximum absolute atomic E-state index is 12.4. The van der Waals surface area contributed by atoms with Crippen molar-refractivity contribution in [3.8, 4) is 5.75 Å². The maximum atomic E-state index is 12.4. The van der Waals surface area contributed by atoms with Crippen LogP contribution in [0.2, 0.25) is 0 Å². The van der Waals surface area contributed by atoms with E-state index < -0.39 is 5.97 Å². The second-order valence-corrected chi connectivity index (χ2v) is 6.28. The summed E-state index contributed by atoms with van der Waals surface area (Å²) in [5, 5.41) is 0.827. The van der Waals surface area contributed by atoms with Crippen molar-refractivity contribution in [3.05, 3.63) is 42.2 Å². The summed E-state index contributed by atoms with van der Waals surface area (Å²) in [6, 6.07) is 5.39. The second-order valence-electron chi connectivity index (χ2n) is 6.28. The lowest BCUT2D eigenvalue weighted by molar-refractivity contribution is 0.0461. The molecule has 0 aliphatic rings. The lowest BCUT2D eigenvalue weighted by atomic mass is 10.1. The number of imidazole rings is 1. The second kappa shape index (κ2) is 7.18. The third-order valence-electron chi connectivity index (χ3n) is 4.53. The van der Waals surface area contributed by atoms with Crippen LogP contribution in [0, 0.1) is 6.92 Å². The zero-order valence-electron chi connectivity index (χ0n) is 15.5. The molecule has 4 aromatic rings. The van der Waals surface area contributed by atoms with Crippen LogP contribution in [-0.4, -0.2) is 39.2 Å². The quantitative estimate of drug-likeness (QED) is 0.400. The molecule has 0 spiro atoms. The molecule has 0 aliphatic carbocycles. The Balaban J connectivity index is 1.40. The van der Waals surface area contributed by atoms with E-state index in [2.05, 4.69) is 15.0 Å². The third-order valence-corrected chi connectivity index (χ3v) is 4.53. The number of carbonyl (C=O) groups is 1. The van der Waals surface area contributed by atoms with Gasteiger partial charge in [-0.05, 0) is 31.5 Å². The Morgan fingerprint density at radius 1 is 1.29 bits per heavy atom. The zero-order valence-corrected chi connectivity index (χ0v) is 15.5. The van der Waals surface area contributed by atoms with E-state index in [1.54, 1.807) is 25.6 Å². The lowest BCUT2D eigenvalue weighted by Gasteiger charge is -2.05. The average molecular weight is 381 g/mol. The Bertz CT molecular complexity index is 1160. The highest BCUT2D eigenvalue weighted by Crippen LogP contribution is 2.29. The normalized spacial score (nSPS) is 11.2. The van der Waals surface area contributed by atoms with Crippen molar-refractivity contribution < 1.29 is 18.7 Å². The minimum atomic E-state index is -0.491. The predicted molar refractivity (Wildman–Crippen MR) is 102 cm³/mol. The van der Waals surface area contributed by atoms with Gasteiger partial charge in [0.25, 0.3) is 0 Å². The fraction of sp³-hybridized carbons (Fsp3) is 0.263. The van der Waals surface area contributed by atoms with Gasteiger partial charge in [-0.3, -0.25) is 0 Å². The van der Waals surface area contributed by atoms with Gasteiger partial charge in [-0.1, -0.05) is 0 Å². The van der Waals surface area contributed by atoms with Crippen LogP contribution in [-0.2, 0) is 11.3 Å². The number of aromatic nitrogens is 4.